The zero-order valence-electron chi connectivity index (χ0n) is 27.7. The molecule has 0 aliphatic rings. The van der Waals surface area contributed by atoms with Crippen LogP contribution in [0.25, 0.3) is 75.5 Å². The van der Waals surface area contributed by atoms with E-state index in [2.05, 4.69) is 187 Å². The highest BCUT2D eigenvalue weighted by Gasteiger charge is 2.24. The van der Waals surface area contributed by atoms with Crippen LogP contribution in [0, 0.1) is 0 Å². The molecule has 0 saturated heterocycles. The van der Waals surface area contributed by atoms with Gasteiger partial charge in [-0.15, -0.1) is 11.3 Å². The van der Waals surface area contributed by atoms with Gasteiger partial charge in [-0.1, -0.05) is 133 Å². The standard InChI is InChI=1S/C48H31NOS/c1-4-12-32(13-5-1)34-20-23-37(24-21-34)49(38-25-29-46-43(31-38)42-30-36(22-28-45(42)51-46)33-14-6-2-7-15-33)47-39(35-16-8-3-9-17-35)26-27-41-40-18-10-11-19-44(40)50-48(41)47/h1-31H. The van der Waals surface area contributed by atoms with E-state index in [1.54, 1.807) is 0 Å². The monoisotopic (exact) mass is 669 g/mol. The van der Waals surface area contributed by atoms with Crippen LogP contribution in [0.4, 0.5) is 17.1 Å². The molecule has 2 aromatic heterocycles. The maximum atomic E-state index is 6.83. The lowest BCUT2D eigenvalue weighted by molar-refractivity contribution is 0.669. The molecule has 0 N–H and O–H groups in total. The minimum atomic E-state index is 0.867. The summed E-state index contributed by atoms with van der Waals surface area (Å²) in [6.45, 7) is 0. The molecule has 0 radical (unpaired) electrons. The van der Waals surface area contributed by atoms with Crippen molar-refractivity contribution in [1.29, 1.82) is 0 Å². The molecular weight excluding hydrogens is 639 g/mol. The second-order valence-electron chi connectivity index (χ2n) is 12.9. The van der Waals surface area contributed by atoms with Crippen LogP contribution >= 0.6 is 11.3 Å². The quantitative estimate of drug-likeness (QED) is 0.175. The predicted molar refractivity (Wildman–Crippen MR) is 218 cm³/mol. The fourth-order valence-electron chi connectivity index (χ4n) is 7.40. The van der Waals surface area contributed by atoms with Gasteiger partial charge in [0, 0.05) is 47.9 Å². The normalized spacial score (nSPS) is 11.5. The summed E-state index contributed by atoms with van der Waals surface area (Å²) in [4.78, 5) is 2.39. The van der Waals surface area contributed by atoms with E-state index in [9.17, 15) is 0 Å². The van der Waals surface area contributed by atoms with Crippen LogP contribution in [-0.4, -0.2) is 0 Å². The van der Waals surface area contributed by atoms with Crippen molar-refractivity contribution in [3.05, 3.63) is 188 Å². The summed E-state index contributed by atoms with van der Waals surface area (Å²) in [5.74, 6) is 0. The van der Waals surface area contributed by atoms with Gasteiger partial charge in [0.05, 0.1) is 5.69 Å². The van der Waals surface area contributed by atoms with E-state index in [4.69, 9.17) is 4.42 Å². The largest absolute Gasteiger partial charge is 0.454 e. The number of benzene rings is 8. The van der Waals surface area contributed by atoms with Crippen molar-refractivity contribution < 1.29 is 4.42 Å². The molecule has 10 rings (SSSR count). The van der Waals surface area contributed by atoms with E-state index in [-0.39, 0.29) is 0 Å². The first-order valence-electron chi connectivity index (χ1n) is 17.3. The molecule has 51 heavy (non-hydrogen) atoms. The average Bonchev–Trinajstić information content (AvgIpc) is 3.77. The van der Waals surface area contributed by atoms with E-state index < -0.39 is 0 Å². The van der Waals surface area contributed by atoms with E-state index >= 15 is 0 Å². The van der Waals surface area contributed by atoms with Crippen molar-refractivity contribution in [2.45, 2.75) is 0 Å². The molecule has 240 valence electrons. The Morgan fingerprint density at radius 1 is 0.373 bits per heavy atom. The van der Waals surface area contributed by atoms with Crippen molar-refractivity contribution in [2.75, 3.05) is 4.90 Å². The highest BCUT2D eigenvalue weighted by atomic mass is 32.1. The van der Waals surface area contributed by atoms with Crippen LogP contribution < -0.4 is 4.90 Å². The molecule has 0 spiro atoms. The van der Waals surface area contributed by atoms with Gasteiger partial charge in [-0.3, -0.25) is 0 Å². The molecular formula is C48H31NOS. The van der Waals surface area contributed by atoms with Crippen molar-refractivity contribution in [2.24, 2.45) is 0 Å². The third-order valence-electron chi connectivity index (χ3n) is 9.88. The van der Waals surface area contributed by atoms with Gasteiger partial charge in [-0.25, -0.2) is 0 Å². The molecule has 0 unspecified atom stereocenters. The van der Waals surface area contributed by atoms with E-state index in [0.29, 0.717) is 0 Å². The fraction of sp³-hybridized carbons (Fsp3) is 0. The summed E-state index contributed by atoms with van der Waals surface area (Å²) in [5.41, 5.74) is 12.0. The highest BCUT2D eigenvalue weighted by molar-refractivity contribution is 7.25. The predicted octanol–water partition coefficient (Wildman–Crippen LogP) is 14.4. The Kier molecular flexibility index (Phi) is 7.04. The molecule has 0 aliphatic carbocycles. The number of hydrogen-bond acceptors (Lipinski definition) is 3. The number of fused-ring (bicyclic) bond motifs is 6. The van der Waals surface area contributed by atoms with Gasteiger partial charge in [0.25, 0.3) is 0 Å². The van der Waals surface area contributed by atoms with Gasteiger partial charge in [-0.2, -0.15) is 0 Å². The number of anilines is 3. The van der Waals surface area contributed by atoms with Crippen molar-refractivity contribution >= 4 is 70.5 Å². The van der Waals surface area contributed by atoms with E-state index in [0.717, 1.165) is 50.1 Å². The van der Waals surface area contributed by atoms with Crippen molar-refractivity contribution in [3.63, 3.8) is 0 Å². The van der Waals surface area contributed by atoms with Crippen LogP contribution in [0.3, 0.4) is 0 Å². The summed E-state index contributed by atoms with van der Waals surface area (Å²) >= 11 is 1.85. The van der Waals surface area contributed by atoms with Crippen molar-refractivity contribution in [3.8, 4) is 33.4 Å². The molecule has 0 bridgehead atoms. The van der Waals surface area contributed by atoms with E-state index in [1.165, 1.54) is 42.4 Å². The summed E-state index contributed by atoms with van der Waals surface area (Å²) in [5, 5.41) is 4.72. The number of thiophene rings is 1. The number of furan rings is 1. The first kappa shape index (κ1) is 29.5. The topological polar surface area (TPSA) is 16.4 Å². The highest BCUT2D eigenvalue weighted by Crippen LogP contribution is 2.49. The lowest BCUT2D eigenvalue weighted by Crippen LogP contribution is -2.11. The van der Waals surface area contributed by atoms with Gasteiger partial charge >= 0.3 is 0 Å². The molecule has 10 aromatic rings. The molecule has 3 heteroatoms. The minimum Gasteiger partial charge on any atom is -0.454 e. The van der Waals surface area contributed by atoms with Crippen LogP contribution in [0.15, 0.2) is 192 Å². The SMILES string of the molecule is c1ccc(-c2ccc(N(c3ccc4sc5ccc(-c6ccccc6)cc5c4c3)c3c(-c4ccccc4)ccc4c3oc3ccccc34)cc2)cc1. The van der Waals surface area contributed by atoms with E-state index in [1.807, 2.05) is 17.4 Å². The Labute approximate surface area is 300 Å². The molecule has 2 heterocycles. The van der Waals surface area contributed by atoms with Crippen LogP contribution in [0.1, 0.15) is 0 Å². The average molecular weight is 670 g/mol. The van der Waals surface area contributed by atoms with Crippen LogP contribution in [0.5, 0.6) is 0 Å². The number of para-hydroxylation sites is 1. The molecule has 0 aliphatic heterocycles. The van der Waals surface area contributed by atoms with Gasteiger partial charge in [0.2, 0.25) is 0 Å². The molecule has 8 aromatic carbocycles. The third-order valence-corrected chi connectivity index (χ3v) is 11.0. The molecule has 2 nitrogen and oxygen atoms in total. The van der Waals surface area contributed by atoms with Gasteiger partial charge in [0.15, 0.2) is 5.58 Å². The Morgan fingerprint density at radius 3 is 1.65 bits per heavy atom. The summed E-state index contributed by atoms with van der Waals surface area (Å²) < 4.78 is 9.38. The van der Waals surface area contributed by atoms with Crippen LogP contribution in [-0.2, 0) is 0 Å². The van der Waals surface area contributed by atoms with Gasteiger partial charge in [-0.05, 0) is 82.4 Å². The zero-order valence-corrected chi connectivity index (χ0v) is 28.5. The second kappa shape index (κ2) is 12.2. The molecule has 0 amide bonds. The van der Waals surface area contributed by atoms with Crippen molar-refractivity contribution in [1.82, 2.24) is 0 Å². The molecule has 0 saturated carbocycles. The Balaban J connectivity index is 1.25. The minimum absolute atomic E-state index is 0.867. The van der Waals surface area contributed by atoms with Gasteiger partial charge in [0.1, 0.15) is 5.58 Å². The number of nitrogens with zero attached hydrogens (tertiary/aromatic N) is 1. The van der Waals surface area contributed by atoms with Crippen LogP contribution in [0.2, 0.25) is 0 Å². The Hall–Kier alpha value is -6.42. The number of rotatable bonds is 6. The number of hydrogen-bond donors (Lipinski definition) is 0. The lowest BCUT2D eigenvalue weighted by atomic mass is 9.98. The summed E-state index contributed by atoms with van der Waals surface area (Å²) in [6, 6.07) is 67.4. The first-order valence-corrected chi connectivity index (χ1v) is 18.1. The lowest BCUT2D eigenvalue weighted by Gasteiger charge is -2.28. The third kappa shape index (κ3) is 5.10. The first-order chi connectivity index (χ1) is 25.3. The maximum absolute atomic E-state index is 6.83. The maximum Gasteiger partial charge on any atom is 0.160 e. The summed E-state index contributed by atoms with van der Waals surface area (Å²) in [7, 11) is 0. The molecule has 0 fully saturated rings. The Bertz CT molecular complexity index is 2840. The zero-order chi connectivity index (χ0) is 33.7. The van der Waals surface area contributed by atoms with Gasteiger partial charge < -0.3 is 9.32 Å². The smallest absolute Gasteiger partial charge is 0.160 e. The Morgan fingerprint density at radius 2 is 0.922 bits per heavy atom. The molecule has 0 atom stereocenters. The fourth-order valence-corrected chi connectivity index (χ4v) is 8.47. The second-order valence-corrected chi connectivity index (χ2v) is 14.0. The summed E-state index contributed by atoms with van der Waals surface area (Å²) in [6.07, 6.45) is 0.